The maximum Gasteiger partial charge on any atom is 0.490 e. The number of para-hydroxylation sites is 1. The molecule has 6 atom stereocenters. The fourth-order valence-corrected chi connectivity index (χ4v) is 6.67. The highest BCUT2D eigenvalue weighted by atomic mass is 31.3. The number of phosphoric ester groups is 1. The Balaban J connectivity index is 1.50. The lowest BCUT2D eigenvalue weighted by Crippen LogP contribution is -2.43. The first-order valence-corrected chi connectivity index (χ1v) is 15.0. The summed E-state index contributed by atoms with van der Waals surface area (Å²) in [4.78, 5) is 61.5. The number of nitrogens with zero attached hydrogens (tertiary/aromatic N) is 3. The van der Waals surface area contributed by atoms with E-state index in [4.69, 9.17) is 19.0 Å². The molecular formula is C17H20N3O16P3. The minimum Gasteiger partial charge on any atom is -0.387 e. The molecule has 2 aromatic heterocycles. The van der Waals surface area contributed by atoms with Crippen molar-refractivity contribution >= 4 is 34.4 Å². The van der Waals surface area contributed by atoms with Gasteiger partial charge in [-0.15, -0.1) is 0 Å². The molecule has 6 N–H and O–H groups in total. The van der Waals surface area contributed by atoms with Crippen LogP contribution in [-0.4, -0.2) is 69.0 Å². The number of ether oxygens (including phenoxy) is 1. The molecule has 4 rings (SSSR count). The molecule has 19 nitrogen and oxygen atoms in total. The number of hydrogen-bond acceptors (Lipinski definition) is 13. The summed E-state index contributed by atoms with van der Waals surface area (Å²) in [6.45, 7) is -1.41. The molecule has 0 radical (unpaired) electrons. The molecular weight excluding hydrogens is 595 g/mol. The number of benzene rings is 1. The number of rotatable bonds is 10. The Morgan fingerprint density at radius 2 is 1.64 bits per heavy atom. The van der Waals surface area contributed by atoms with Crippen LogP contribution < -0.4 is 11.2 Å². The van der Waals surface area contributed by atoms with Crippen molar-refractivity contribution in [1.29, 1.82) is 0 Å². The molecule has 39 heavy (non-hydrogen) atoms. The van der Waals surface area contributed by atoms with Gasteiger partial charge in [0.15, 0.2) is 11.8 Å². The van der Waals surface area contributed by atoms with Crippen molar-refractivity contribution in [3.05, 3.63) is 63.1 Å². The van der Waals surface area contributed by atoms with Crippen LogP contribution >= 0.6 is 23.5 Å². The average Bonchev–Trinajstić information content (AvgIpc) is 3.34. The minimum atomic E-state index is -5.78. The Labute approximate surface area is 215 Å². The third-order valence-corrected chi connectivity index (χ3v) is 9.09. The van der Waals surface area contributed by atoms with Crippen LogP contribution in [0.1, 0.15) is 11.9 Å². The molecule has 0 saturated carbocycles. The third-order valence-electron chi connectivity index (χ3n) is 5.28. The van der Waals surface area contributed by atoms with E-state index in [1.807, 2.05) is 0 Å². The molecule has 1 fully saturated rings. The Hall–Kier alpha value is -2.34. The molecule has 0 amide bonds. The van der Waals surface area contributed by atoms with Crippen LogP contribution in [0.25, 0.3) is 11.0 Å². The van der Waals surface area contributed by atoms with Gasteiger partial charge in [0.1, 0.15) is 24.0 Å². The zero-order chi connectivity index (χ0) is 28.8. The molecule has 1 aromatic carbocycles. The summed E-state index contributed by atoms with van der Waals surface area (Å²) in [5.41, 5.74) is -1.06. The molecule has 214 valence electrons. The molecule has 0 spiro atoms. The van der Waals surface area contributed by atoms with E-state index in [1.54, 1.807) is 24.3 Å². The van der Waals surface area contributed by atoms with Crippen molar-refractivity contribution in [2.24, 2.45) is 0 Å². The fraction of sp³-hybridized carbons (Fsp3) is 0.353. The molecule has 1 aliphatic rings. The topological polar surface area (TPSA) is 280 Å². The van der Waals surface area contributed by atoms with Gasteiger partial charge in [-0.2, -0.15) is 8.62 Å². The first kappa shape index (κ1) is 29.6. The maximum absolute atomic E-state index is 13.1. The molecule has 22 heteroatoms. The summed E-state index contributed by atoms with van der Waals surface area (Å²) in [5, 5.41) is 25.2. The molecule has 1 aliphatic heterocycles. The number of fused-ring (bicyclic) bond motifs is 1. The second kappa shape index (κ2) is 10.9. The largest absolute Gasteiger partial charge is 0.490 e. The van der Waals surface area contributed by atoms with E-state index in [-0.39, 0.29) is 12.2 Å². The SMILES string of the molecule is O=c1ccn([C@@H]2O[C@H](COP(=O)(O)OP(=O)(O)OP(=O)(O)O)[C@H](O)C2O)c(=O)n1Cc1noc2ccccc12. The maximum atomic E-state index is 13.1. The van der Waals surface area contributed by atoms with Crippen LogP contribution in [-0.2, 0) is 38.1 Å². The summed E-state index contributed by atoms with van der Waals surface area (Å²) in [6.07, 6.45) is -5.98. The summed E-state index contributed by atoms with van der Waals surface area (Å²) in [5.74, 6) is 0. The van der Waals surface area contributed by atoms with Gasteiger partial charge >= 0.3 is 29.2 Å². The number of aliphatic hydroxyl groups is 2. The molecule has 3 heterocycles. The van der Waals surface area contributed by atoms with Gasteiger partial charge in [0, 0.05) is 17.6 Å². The lowest BCUT2D eigenvalue weighted by Gasteiger charge is -2.19. The Morgan fingerprint density at radius 3 is 2.33 bits per heavy atom. The van der Waals surface area contributed by atoms with E-state index >= 15 is 0 Å². The van der Waals surface area contributed by atoms with Gasteiger partial charge in [-0.05, 0) is 12.1 Å². The molecule has 3 unspecified atom stereocenters. The first-order chi connectivity index (χ1) is 18.1. The van der Waals surface area contributed by atoms with Gasteiger partial charge in [-0.25, -0.2) is 18.5 Å². The third kappa shape index (κ3) is 6.87. The van der Waals surface area contributed by atoms with E-state index < -0.39 is 65.9 Å². The van der Waals surface area contributed by atoms with E-state index in [0.717, 1.165) is 21.4 Å². The van der Waals surface area contributed by atoms with Gasteiger partial charge in [0.05, 0.1) is 13.2 Å². The molecule has 0 bridgehead atoms. The van der Waals surface area contributed by atoms with Crippen LogP contribution in [0.15, 0.2) is 50.6 Å². The van der Waals surface area contributed by atoms with E-state index in [0.29, 0.717) is 11.0 Å². The first-order valence-electron chi connectivity index (χ1n) is 10.5. The smallest absolute Gasteiger partial charge is 0.387 e. The monoisotopic (exact) mass is 615 g/mol. The molecule has 3 aromatic rings. The van der Waals surface area contributed by atoms with Crippen LogP contribution in [0.5, 0.6) is 0 Å². The predicted molar refractivity (Wildman–Crippen MR) is 124 cm³/mol. The van der Waals surface area contributed by atoms with Crippen molar-refractivity contribution in [3.63, 3.8) is 0 Å². The Kier molecular flexibility index (Phi) is 8.29. The number of hydrogen-bond donors (Lipinski definition) is 6. The number of aromatic nitrogens is 3. The predicted octanol–water partition coefficient (Wildman–Crippen LogP) is -0.838. The van der Waals surface area contributed by atoms with Crippen molar-refractivity contribution < 1.29 is 65.9 Å². The normalized spacial score (nSPS) is 25.0. The summed E-state index contributed by atoms with van der Waals surface area (Å²) < 4.78 is 57.7. The zero-order valence-corrected chi connectivity index (χ0v) is 21.8. The lowest BCUT2D eigenvalue weighted by atomic mass is 10.1. The van der Waals surface area contributed by atoms with E-state index in [2.05, 4.69) is 18.3 Å². The summed E-state index contributed by atoms with van der Waals surface area (Å²) in [7, 11) is -16.9. The van der Waals surface area contributed by atoms with E-state index in [1.165, 1.54) is 0 Å². The van der Waals surface area contributed by atoms with Gasteiger partial charge in [0.2, 0.25) is 0 Å². The highest BCUT2D eigenvalue weighted by Crippen LogP contribution is 2.66. The summed E-state index contributed by atoms with van der Waals surface area (Å²) in [6, 6.07) is 7.66. The van der Waals surface area contributed by atoms with Gasteiger partial charge in [0.25, 0.3) is 5.56 Å². The standard InChI is InChI=1S/C17H20N3O16P3/c21-13-5-6-19(17(24)20(13)7-10-9-3-1-2-4-11(9)34-18-10)16-15(23)14(22)12(33-16)8-32-38(28,29)36-39(30,31)35-37(25,26)27/h1-6,12,14-16,22-23H,7-8H2,(H,28,29)(H,30,31)(H2,25,26,27)/t12-,14+,15?,16-/m1/s1. The second-order valence-corrected chi connectivity index (χ2v) is 12.4. The highest BCUT2D eigenvalue weighted by Gasteiger charge is 2.47. The van der Waals surface area contributed by atoms with Crippen LogP contribution in [0.3, 0.4) is 0 Å². The van der Waals surface area contributed by atoms with Crippen molar-refractivity contribution in [2.45, 2.75) is 31.1 Å². The van der Waals surface area contributed by atoms with Crippen molar-refractivity contribution in [2.75, 3.05) is 6.61 Å². The average molecular weight is 615 g/mol. The van der Waals surface area contributed by atoms with E-state index in [9.17, 15) is 43.3 Å². The zero-order valence-electron chi connectivity index (χ0n) is 19.1. The lowest BCUT2D eigenvalue weighted by molar-refractivity contribution is -0.0547. The Morgan fingerprint density at radius 1 is 0.949 bits per heavy atom. The van der Waals surface area contributed by atoms with Crippen LogP contribution in [0.2, 0.25) is 0 Å². The Bertz CT molecular complexity index is 1630. The van der Waals surface area contributed by atoms with Crippen molar-refractivity contribution in [3.8, 4) is 0 Å². The number of phosphoric acid groups is 3. The van der Waals surface area contributed by atoms with Crippen LogP contribution in [0.4, 0.5) is 0 Å². The van der Waals surface area contributed by atoms with Crippen LogP contribution in [0, 0.1) is 0 Å². The molecule has 0 aliphatic carbocycles. The second-order valence-electron chi connectivity index (χ2n) is 7.99. The number of aliphatic hydroxyl groups excluding tert-OH is 2. The van der Waals surface area contributed by atoms with Gasteiger partial charge in [-0.1, -0.05) is 17.3 Å². The minimum absolute atomic E-state index is 0.254. The highest BCUT2D eigenvalue weighted by molar-refractivity contribution is 7.66. The van der Waals surface area contributed by atoms with Crippen molar-refractivity contribution in [1.82, 2.24) is 14.3 Å². The summed E-state index contributed by atoms with van der Waals surface area (Å²) >= 11 is 0. The quantitative estimate of drug-likeness (QED) is 0.152. The van der Waals surface area contributed by atoms with Gasteiger partial charge in [-0.3, -0.25) is 18.5 Å². The van der Waals surface area contributed by atoms with Gasteiger partial charge < -0.3 is 39.0 Å². The fourth-order valence-electron chi connectivity index (χ4n) is 3.64. The molecule has 1 saturated heterocycles.